The number of likely N-dealkylation sites (tertiary alicyclic amines) is 1. The maximum Gasteiger partial charge on any atom is 0.142 e. The van der Waals surface area contributed by atoms with Crippen LogP contribution in [0.15, 0.2) is 48.6 Å². The summed E-state index contributed by atoms with van der Waals surface area (Å²) in [5.41, 5.74) is 6.52. The van der Waals surface area contributed by atoms with Crippen molar-refractivity contribution in [3.8, 4) is 12.0 Å². The predicted octanol–water partition coefficient (Wildman–Crippen LogP) is 4.35. The summed E-state index contributed by atoms with van der Waals surface area (Å²) in [6.07, 6.45) is 4.28. The monoisotopic (exact) mass is 431 g/mol. The van der Waals surface area contributed by atoms with Gasteiger partial charge in [-0.15, -0.1) is 0 Å². The third-order valence-corrected chi connectivity index (χ3v) is 5.55. The molecule has 0 amide bonds. The van der Waals surface area contributed by atoms with Gasteiger partial charge >= 0.3 is 0 Å². The fraction of sp³-hybridized carbons (Fsp3) is 0.407. The lowest BCUT2D eigenvalue weighted by atomic mass is 9.99. The molecule has 0 unspecified atom stereocenters. The number of hydrogen-bond donors (Lipinski definition) is 1. The molecule has 0 atom stereocenters. The van der Waals surface area contributed by atoms with Crippen molar-refractivity contribution in [1.82, 2.24) is 19.8 Å². The zero-order valence-electron chi connectivity index (χ0n) is 20.5. The van der Waals surface area contributed by atoms with Crippen LogP contribution in [0.4, 0.5) is 0 Å². The highest BCUT2D eigenvalue weighted by Crippen LogP contribution is 2.24. The summed E-state index contributed by atoms with van der Waals surface area (Å²) in [5.74, 6) is 2.79. The van der Waals surface area contributed by atoms with Gasteiger partial charge in [-0.2, -0.15) is 4.99 Å². The fourth-order valence-electron chi connectivity index (χ4n) is 3.68. The van der Waals surface area contributed by atoms with E-state index in [4.69, 9.17) is 4.98 Å². The van der Waals surface area contributed by atoms with Crippen LogP contribution in [-0.2, 0) is 7.05 Å². The van der Waals surface area contributed by atoms with Crippen LogP contribution >= 0.6 is 0 Å². The molecule has 2 aromatic rings. The van der Waals surface area contributed by atoms with Gasteiger partial charge in [-0.3, -0.25) is 4.98 Å². The van der Waals surface area contributed by atoms with E-state index in [2.05, 4.69) is 53.4 Å². The van der Waals surface area contributed by atoms with Gasteiger partial charge in [0.15, 0.2) is 0 Å². The number of aryl methyl sites for hydroxylation is 2. The number of nitrogens with one attached hydrogen (secondary N) is 1. The van der Waals surface area contributed by atoms with E-state index in [0.29, 0.717) is 6.04 Å². The zero-order valence-corrected chi connectivity index (χ0v) is 20.5. The molecule has 32 heavy (non-hydrogen) atoms. The van der Waals surface area contributed by atoms with Crippen molar-refractivity contribution in [1.29, 1.82) is 0 Å². The Bertz CT molecular complexity index is 1070. The Morgan fingerprint density at radius 3 is 2.41 bits per heavy atom. The van der Waals surface area contributed by atoms with Crippen molar-refractivity contribution < 1.29 is 0 Å². The van der Waals surface area contributed by atoms with Gasteiger partial charge < -0.3 is 14.8 Å². The third-order valence-electron chi connectivity index (χ3n) is 5.55. The largest absolute Gasteiger partial charge is 0.381 e. The molecule has 0 spiro atoms. The van der Waals surface area contributed by atoms with Gasteiger partial charge in [-0.1, -0.05) is 39.0 Å². The zero-order chi connectivity index (χ0) is 23.7. The second kappa shape index (κ2) is 12.1. The first-order chi connectivity index (χ1) is 15.4. The first-order valence-electron chi connectivity index (χ1n) is 11.3. The molecular formula is C27H37N5. The molecule has 0 aromatic carbocycles. The van der Waals surface area contributed by atoms with Gasteiger partial charge in [0.1, 0.15) is 5.49 Å². The Morgan fingerprint density at radius 2 is 1.81 bits per heavy atom. The lowest BCUT2D eigenvalue weighted by molar-refractivity contribution is 0.245. The van der Waals surface area contributed by atoms with Crippen LogP contribution in [-0.4, -0.2) is 40.6 Å². The summed E-state index contributed by atoms with van der Waals surface area (Å²) in [4.78, 5) is 11.4. The van der Waals surface area contributed by atoms with E-state index in [1.54, 1.807) is 6.92 Å². The number of aromatic nitrogens is 2. The molecule has 3 rings (SSSR count). The molecule has 0 radical (unpaired) electrons. The van der Waals surface area contributed by atoms with Crippen LogP contribution in [0, 0.1) is 18.9 Å². The van der Waals surface area contributed by atoms with Crippen molar-refractivity contribution in [3.63, 3.8) is 0 Å². The van der Waals surface area contributed by atoms with Crippen LogP contribution in [0.2, 0.25) is 0 Å². The topological polar surface area (TPSA) is 45.5 Å². The van der Waals surface area contributed by atoms with Gasteiger partial charge in [0.2, 0.25) is 0 Å². The first kappa shape index (κ1) is 25.2. The molecule has 0 aliphatic carbocycles. The van der Waals surface area contributed by atoms with E-state index < -0.39 is 0 Å². The van der Waals surface area contributed by atoms with Crippen molar-refractivity contribution in [3.05, 3.63) is 71.6 Å². The summed E-state index contributed by atoms with van der Waals surface area (Å²) in [6, 6.07) is 11.3. The molecule has 1 N–H and O–H groups in total. The summed E-state index contributed by atoms with van der Waals surface area (Å²) < 4.78 is 1.95. The summed E-state index contributed by atoms with van der Waals surface area (Å²) in [6.45, 7) is 18.6. The van der Waals surface area contributed by atoms with Gasteiger partial charge in [0.05, 0.1) is 11.4 Å². The molecule has 0 bridgehead atoms. The minimum atomic E-state index is 0.465. The Hall–Kier alpha value is -3.10. The third kappa shape index (κ3) is 6.45. The molecular weight excluding hydrogens is 394 g/mol. The Balaban J connectivity index is 0.00000176. The Labute approximate surface area is 193 Å². The fourth-order valence-corrected chi connectivity index (χ4v) is 3.68. The van der Waals surface area contributed by atoms with E-state index >= 15 is 0 Å². The normalized spacial score (nSPS) is 14.6. The SMILES string of the molecule is C=C(NC1CCN(C)CC1)c1ccc(C(=C)c2ccc(=NC#CC)n(C)c2)c(C)n1.CC. The molecule has 1 aliphatic rings. The van der Waals surface area contributed by atoms with Gasteiger partial charge in [-0.05, 0) is 76.2 Å². The van der Waals surface area contributed by atoms with Crippen LogP contribution in [0.5, 0.6) is 0 Å². The Morgan fingerprint density at radius 1 is 1.12 bits per heavy atom. The van der Waals surface area contributed by atoms with Crippen molar-refractivity contribution in [2.75, 3.05) is 20.1 Å². The summed E-state index contributed by atoms with van der Waals surface area (Å²) in [5, 5.41) is 3.56. The van der Waals surface area contributed by atoms with E-state index in [-0.39, 0.29) is 0 Å². The quantitative estimate of drug-likeness (QED) is 0.716. The highest BCUT2D eigenvalue weighted by Gasteiger charge is 2.18. The first-order valence-corrected chi connectivity index (χ1v) is 11.3. The molecule has 1 fully saturated rings. The van der Waals surface area contributed by atoms with E-state index in [9.17, 15) is 0 Å². The van der Waals surface area contributed by atoms with Crippen molar-refractivity contribution >= 4 is 11.3 Å². The number of pyridine rings is 2. The summed E-state index contributed by atoms with van der Waals surface area (Å²) in [7, 11) is 4.13. The minimum Gasteiger partial charge on any atom is -0.381 e. The molecule has 170 valence electrons. The van der Waals surface area contributed by atoms with Crippen LogP contribution < -0.4 is 10.8 Å². The van der Waals surface area contributed by atoms with Gasteiger partial charge in [0.25, 0.3) is 0 Å². The van der Waals surface area contributed by atoms with Crippen LogP contribution in [0.3, 0.4) is 0 Å². The second-order valence-electron chi connectivity index (χ2n) is 7.87. The van der Waals surface area contributed by atoms with Crippen molar-refractivity contribution in [2.45, 2.75) is 46.6 Å². The highest BCUT2D eigenvalue weighted by molar-refractivity contribution is 5.79. The average Bonchev–Trinajstić information content (AvgIpc) is 2.80. The second-order valence-corrected chi connectivity index (χ2v) is 7.87. The lowest BCUT2D eigenvalue weighted by Crippen LogP contribution is -2.40. The molecule has 5 nitrogen and oxygen atoms in total. The molecule has 1 aliphatic heterocycles. The molecule has 0 saturated carbocycles. The maximum atomic E-state index is 4.80. The lowest BCUT2D eigenvalue weighted by Gasteiger charge is -2.30. The number of hydrogen-bond acceptors (Lipinski definition) is 4. The molecule has 2 aromatic heterocycles. The highest BCUT2D eigenvalue weighted by atomic mass is 15.1. The summed E-state index contributed by atoms with van der Waals surface area (Å²) >= 11 is 0. The average molecular weight is 432 g/mol. The van der Waals surface area contributed by atoms with Crippen LogP contribution in [0.25, 0.3) is 11.3 Å². The molecule has 5 heteroatoms. The molecule has 1 saturated heterocycles. The standard InChI is InChI=1S/C25H31N5.C2H6/c1-7-14-26-25-11-8-21(17-30(25)6)18(2)23-9-10-24(28-19(23)3)20(4)27-22-12-15-29(5)16-13-22;1-2/h8-11,17,22,27H,2,4,12-13,15-16H2,1,3,5-6H3;1-2H3. The van der Waals surface area contributed by atoms with E-state index in [1.807, 2.05) is 56.8 Å². The smallest absolute Gasteiger partial charge is 0.142 e. The van der Waals surface area contributed by atoms with Crippen LogP contribution in [0.1, 0.15) is 56.1 Å². The van der Waals surface area contributed by atoms with Gasteiger partial charge in [-0.25, -0.2) is 0 Å². The molecule has 3 heterocycles. The number of rotatable bonds is 5. The number of nitrogens with zero attached hydrogens (tertiary/aromatic N) is 4. The van der Waals surface area contributed by atoms with Crippen molar-refractivity contribution in [2.24, 2.45) is 12.0 Å². The van der Waals surface area contributed by atoms with Gasteiger partial charge in [0, 0.05) is 36.6 Å². The number of piperidine rings is 1. The van der Waals surface area contributed by atoms with E-state index in [0.717, 1.165) is 65.2 Å². The maximum absolute atomic E-state index is 4.80. The van der Waals surface area contributed by atoms with E-state index in [1.165, 1.54) is 0 Å². The Kier molecular flexibility index (Phi) is 9.49. The predicted molar refractivity (Wildman–Crippen MR) is 136 cm³/mol. The minimum absolute atomic E-state index is 0.465.